The fraction of sp³-hybridized carbons (Fsp3) is 0.562. The number of nitrogens with zero attached hydrogens (tertiary/aromatic N) is 1. The van der Waals surface area contributed by atoms with Crippen LogP contribution in [0.5, 0.6) is 5.75 Å². The second-order valence-corrected chi connectivity index (χ2v) is 6.83. The van der Waals surface area contributed by atoms with Gasteiger partial charge in [0.25, 0.3) is 5.91 Å². The molecule has 116 valence electrons. The van der Waals surface area contributed by atoms with Crippen molar-refractivity contribution >= 4 is 21.8 Å². The molecule has 1 fully saturated rings. The van der Waals surface area contributed by atoms with Crippen LogP contribution in [0.15, 0.2) is 16.6 Å². The zero-order valence-electron chi connectivity index (χ0n) is 12.9. The Labute approximate surface area is 134 Å². The van der Waals surface area contributed by atoms with Gasteiger partial charge in [-0.1, -0.05) is 15.9 Å². The van der Waals surface area contributed by atoms with E-state index in [4.69, 9.17) is 10.5 Å². The number of likely N-dealkylation sites (N-methyl/N-ethyl adjacent to an activating group) is 1. The van der Waals surface area contributed by atoms with Gasteiger partial charge in [0.1, 0.15) is 5.75 Å². The van der Waals surface area contributed by atoms with E-state index < -0.39 is 0 Å². The van der Waals surface area contributed by atoms with Gasteiger partial charge in [0.05, 0.1) is 0 Å². The van der Waals surface area contributed by atoms with E-state index in [2.05, 4.69) is 15.9 Å². The summed E-state index contributed by atoms with van der Waals surface area (Å²) in [6, 6.07) is 4.47. The molecule has 5 heteroatoms. The predicted molar refractivity (Wildman–Crippen MR) is 87.5 cm³/mol. The van der Waals surface area contributed by atoms with Crippen molar-refractivity contribution in [2.75, 3.05) is 13.7 Å². The fourth-order valence-corrected chi connectivity index (χ4v) is 3.03. The summed E-state index contributed by atoms with van der Waals surface area (Å²) in [5, 5.41) is 0. The maximum atomic E-state index is 12.1. The van der Waals surface area contributed by atoms with Crippen LogP contribution in [0.4, 0.5) is 0 Å². The first-order valence-electron chi connectivity index (χ1n) is 7.31. The van der Waals surface area contributed by atoms with Crippen molar-refractivity contribution in [2.24, 2.45) is 5.73 Å². The Kier molecular flexibility index (Phi) is 5.27. The summed E-state index contributed by atoms with van der Waals surface area (Å²) in [6.45, 7) is 4.04. The standard InChI is InChI=1S/C16H23BrN2O2/c1-10-6-13(17)8-12(7-11(2)18)16(10)21-9-15(20)19(3)14-4-5-14/h6,8,11,14H,4-5,7,9,18H2,1-3H3. The third-order valence-electron chi connectivity index (χ3n) is 3.69. The second-order valence-electron chi connectivity index (χ2n) is 5.92. The highest BCUT2D eigenvalue weighted by Gasteiger charge is 2.29. The molecule has 0 heterocycles. The van der Waals surface area contributed by atoms with Crippen molar-refractivity contribution in [1.82, 2.24) is 4.90 Å². The summed E-state index contributed by atoms with van der Waals surface area (Å²) in [4.78, 5) is 13.9. The molecule has 0 radical (unpaired) electrons. The Morgan fingerprint density at radius 2 is 2.19 bits per heavy atom. The highest BCUT2D eigenvalue weighted by Crippen LogP contribution is 2.30. The van der Waals surface area contributed by atoms with E-state index >= 15 is 0 Å². The summed E-state index contributed by atoms with van der Waals surface area (Å²) in [5.41, 5.74) is 7.96. The summed E-state index contributed by atoms with van der Waals surface area (Å²) >= 11 is 3.50. The lowest BCUT2D eigenvalue weighted by Gasteiger charge is -2.19. The van der Waals surface area contributed by atoms with Crippen molar-refractivity contribution in [1.29, 1.82) is 0 Å². The number of amides is 1. The van der Waals surface area contributed by atoms with Crippen LogP contribution in [0.3, 0.4) is 0 Å². The van der Waals surface area contributed by atoms with Gasteiger partial charge in [0, 0.05) is 23.6 Å². The molecule has 0 aromatic heterocycles. The number of nitrogens with two attached hydrogens (primary N) is 1. The van der Waals surface area contributed by atoms with E-state index in [0.29, 0.717) is 6.04 Å². The van der Waals surface area contributed by atoms with Crippen molar-refractivity contribution < 1.29 is 9.53 Å². The predicted octanol–water partition coefficient (Wildman–Crippen LogP) is 2.65. The maximum Gasteiger partial charge on any atom is 0.260 e. The van der Waals surface area contributed by atoms with Gasteiger partial charge in [-0.3, -0.25) is 4.79 Å². The molecule has 1 unspecified atom stereocenters. The molecule has 0 bridgehead atoms. The van der Waals surface area contributed by atoms with E-state index in [0.717, 1.165) is 40.6 Å². The molecule has 2 rings (SSSR count). The van der Waals surface area contributed by atoms with Gasteiger partial charge in [0.2, 0.25) is 0 Å². The Morgan fingerprint density at radius 3 is 2.76 bits per heavy atom. The van der Waals surface area contributed by atoms with Crippen molar-refractivity contribution in [2.45, 2.75) is 45.2 Å². The summed E-state index contributed by atoms with van der Waals surface area (Å²) < 4.78 is 6.82. The number of hydrogen-bond acceptors (Lipinski definition) is 3. The molecular weight excluding hydrogens is 332 g/mol. The number of benzene rings is 1. The van der Waals surface area contributed by atoms with Crippen LogP contribution in [0.1, 0.15) is 30.9 Å². The number of carbonyl (C=O) groups is 1. The molecule has 1 aromatic rings. The van der Waals surface area contributed by atoms with Gasteiger partial charge in [-0.25, -0.2) is 0 Å². The normalized spacial score (nSPS) is 15.7. The Hall–Kier alpha value is -1.07. The highest BCUT2D eigenvalue weighted by molar-refractivity contribution is 9.10. The Balaban J connectivity index is 2.08. The molecule has 21 heavy (non-hydrogen) atoms. The molecule has 0 spiro atoms. The maximum absolute atomic E-state index is 12.1. The summed E-state index contributed by atoms with van der Waals surface area (Å²) in [7, 11) is 1.85. The molecule has 1 aliphatic rings. The fourth-order valence-electron chi connectivity index (χ4n) is 2.41. The van der Waals surface area contributed by atoms with E-state index in [1.807, 2.05) is 33.0 Å². The van der Waals surface area contributed by atoms with Gasteiger partial charge in [-0.15, -0.1) is 0 Å². The van der Waals surface area contributed by atoms with Gasteiger partial charge < -0.3 is 15.4 Å². The molecule has 4 nitrogen and oxygen atoms in total. The molecule has 1 amide bonds. The topological polar surface area (TPSA) is 55.6 Å². The van der Waals surface area contributed by atoms with Crippen molar-refractivity contribution in [3.63, 3.8) is 0 Å². The van der Waals surface area contributed by atoms with E-state index in [9.17, 15) is 4.79 Å². The average molecular weight is 355 g/mol. The molecule has 0 aliphatic heterocycles. The minimum absolute atomic E-state index is 0.0339. The van der Waals surface area contributed by atoms with Gasteiger partial charge in [0.15, 0.2) is 6.61 Å². The van der Waals surface area contributed by atoms with Crippen LogP contribution in [0, 0.1) is 6.92 Å². The smallest absolute Gasteiger partial charge is 0.260 e. The van der Waals surface area contributed by atoms with Crippen LogP contribution < -0.4 is 10.5 Å². The van der Waals surface area contributed by atoms with E-state index in [-0.39, 0.29) is 18.6 Å². The van der Waals surface area contributed by atoms with Crippen molar-refractivity contribution in [3.05, 3.63) is 27.7 Å². The highest BCUT2D eigenvalue weighted by atomic mass is 79.9. The summed E-state index contributed by atoms with van der Waals surface area (Å²) in [5.74, 6) is 0.819. The zero-order valence-corrected chi connectivity index (χ0v) is 14.4. The number of halogens is 1. The Bertz CT molecular complexity index is 527. The van der Waals surface area contributed by atoms with Crippen LogP contribution in [-0.4, -0.2) is 36.5 Å². The average Bonchev–Trinajstić information content (AvgIpc) is 3.19. The number of ether oxygens (including phenoxy) is 1. The molecule has 1 atom stereocenters. The van der Waals surface area contributed by atoms with E-state index in [1.165, 1.54) is 0 Å². The monoisotopic (exact) mass is 354 g/mol. The molecule has 1 aliphatic carbocycles. The first-order chi connectivity index (χ1) is 9.88. The first-order valence-corrected chi connectivity index (χ1v) is 8.11. The third kappa shape index (κ3) is 4.45. The van der Waals surface area contributed by atoms with Gasteiger partial charge >= 0.3 is 0 Å². The number of carbonyl (C=O) groups excluding carboxylic acids is 1. The first kappa shape index (κ1) is 16.3. The van der Waals surface area contributed by atoms with Gasteiger partial charge in [-0.05, 0) is 56.4 Å². The molecular formula is C16H23BrN2O2. The molecule has 1 aromatic carbocycles. The number of aryl methyl sites for hydroxylation is 1. The minimum atomic E-state index is 0.0339. The second kappa shape index (κ2) is 6.79. The van der Waals surface area contributed by atoms with Gasteiger partial charge in [-0.2, -0.15) is 0 Å². The quantitative estimate of drug-likeness (QED) is 0.854. The van der Waals surface area contributed by atoms with Crippen LogP contribution in [-0.2, 0) is 11.2 Å². The molecule has 2 N–H and O–H groups in total. The largest absolute Gasteiger partial charge is 0.483 e. The summed E-state index contributed by atoms with van der Waals surface area (Å²) in [6.07, 6.45) is 2.94. The van der Waals surface area contributed by atoms with Crippen LogP contribution in [0.25, 0.3) is 0 Å². The zero-order chi connectivity index (χ0) is 15.6. The van der Waals surface area contributed by atoms with Crippen molar-refractivity contribution in [3.8, 4) is 5.75 Å². The molecule has 1 saturated carbocycles. The lowest BCUT2D eigenvalue weighted by Crippen LogP contribution is -2.33. The third-order valence-corrected chi connectivity index (χ3v) is 4.14. The SMILES string of the molecule is Cc1cc(Br)cc(CC(C)N)c1OCC(=O)N(C)C1CC1. The lowest BCUT2D eigenvalue weighted by molar-refractivity contribution is -0.132. The molecule has 0 saturated heterocycles. The van der Waals surface area contributed by atoms with Crippen LogP contribution in [0.2, 0.25) is 0 Å². The number of rotatable bonds is 6. The lowest BCUT2D eigenvalue weighted by atomic mass is 10.0. The van der Waals surface area contributed by atoms with Crippen LogP contribution >= 0.6 is 15.9 Å². The van der Waals surface area contributed by atoms with E-state index in [1.54, 1.807) is 4.90 Å². The Morgan fingerprint density at radius 1 is 1.52 bits per heavy atom. The number of hydrogen-bond donors (Lipinski definition) is 1. The minimum Gasteiger partial charge on any atom is -0.483 e.